The lowest BCUT2D eigenvalue weighted by molar-refractivity contribution is 0.0553. The number of nitrogens with zero attached hydrogens (tertiary/aromatic N) is 6. The van der Waals surface area contributed by atoms with Crippen molar-refractivity contribution in [1.29, 1.82) is 0 Å². The van der Waals surface area contributed by atoms with E-state index in [9.17, 15) is 0 Å². The molecular weight excluding hydrogens is 460 g/mol. The molecule has 0 radical (unpaired) electrons. The first kappa shape index (κ1) is 22.2. The van der Waals surface area contributed by atoms with E-state index in [2.05, 4.69) is 63.2 Å². The highest BCUT2D eigenvalue weighted by Gasteiger charge is 2.30. The summed E-state index contributed by atoms with van der Waals surface area (Å²) in [5.41, 5.74) is 7.27. The number of ether oxygens (including phenoxy) is 1. The van der Waals surface area contributed by atoms with Crippen molar-refractivity contribution in [3.63, 3.8) is 0 Å². The van der Waals surface area contributed by atoms with E-state index in [0.717, 1.165) is 71.4 Å². The van der Waals surface area contributed by atoms with Crippen LogP contribution in [0, 0.1) is 5.92 Å². The lowest BCUT2D eigenvalue weighted by atomic mass is 9.86. The van der Waals surface area contributed by atoms with Crippen LogP contribution in [0.5, 0.6) is 0 Å². The van der Waals surface area contributed by atoms with Gasteiger partial charge in [-0.2, -0.15) is 0 Å². The van der Waals surface area contributed by atoms with Gasteiger partial charge < -0.3 is 9.30 Å². The molecule has 1 aliphatic rings. The average molecular weight is 487 g/mol. The molecule has 178 valence electrons. The Morgan fingerprint density at radius 3 is 2.63 bits per heavy atom. The molecule has 0 saturated carbocycles. The molecular formula is C27H27ClN6O. The van der Waals surface area contributed by atoms with Crippen LogP contribution >= 0.6 is 11.6 Å². The lowest BCUT2D eigenvalue weighted by Gasteiger charge is -2.33. The van der Waals surface area contributed by atoms with Gasteiger partial charge in [-0.15, -0.1) is 5.10 Å². The second kappa shape index (κ2) is 9.06. The Hall–Kier alpha value is -3.29. The van der Waals surface area contributed by atoms with Gasteiger partial charge in [0.1, 0.15) is 5.15 Å². The summed E-state index contributed by atoms with van der Waals surface area (Å²) < 4.78 is 9.99. The Bertz CT molecular complexity index is 1500. The van der Waals surface area contributed by atoms with Gasteiger partial charge in [-0.1, -0.05) is 54.1 Å². The highest BCUT2D eigenvalue weighted by atomic mass is 35.5. The molecule has 5 heterocycles. The van der Waals surface area contributed by atoms with E-state index in [4.69, 9.17) is 21.3 Å². The van der Waals surface area contributed by atoms with Crippen LogP contribution in [0.4, 0.5) is 0 Å². The molecule has 35 heavy (non-hydrogen) atoms. The Morgan fingerprint density at radius 1 is 1.06 bits per heavy atom. The minimum Gasteiger partial charge on any atom is -0.381 e. The van der Waals surface area contributed by atoms with Gasteiger partial charge in [-0.25, -0.2) is 9.67 Å². The SMILES string of the molecule is CCc1nnn(C)c1-c1cnc2c3cnc(Cl)cc3n([C@H](c3ccccc3)C3CCOCC3)c2c1. The maximum Gasteiger partial charge on any atom is 0.131 e. The van der Waals surface area contributed by atoms with Crippen molar-refractivity contribution in [3.05, 3.63) is 71.3 Å². The third-order valence-corrected chi connectivity index (χ3v) is 7.33. The zero-order chi connectivity index (χ0) is 23.9. The number of aromatic nitrogens is 6. The first-order valence-electron chi connectivity index (χ1n) is 12.1. The molecule has 0 unspecified atom stereocenters. The highest BCUT2D eigenvalue weighted by molar-refractivity contribution is 6.30. The molecule has 0 amide bonds. The number of pyridine rings is 2. The zero-order valence-corrected chi connectivity index (χ0v) is 20.6. The number of fused-ring (bicyclic) bond motifs is 3. The zero-order valence-electron chi connectivity index (χ0n) is 19.9. The van der Waals surface area contributed by atoms with E-state index < -0.39 is 0 Å². The third kappa shape index (κ3) is 3.79. The Labute approximate surface area is 208 Å². The van der Waals surface area contributed by atoms with Gasteiger partial charge in [-0.05, 0) is 42.9 Å². The molecule has 0 bridgehead atoms. The topological polar surface area (TPSA) is 70.7 Å². The normalized spacial score (nSPS) is 15.7. The summed E-state index contributed by atoms with van der Waals surface area (Å²) in [6.07, 6.45) is 6.57. The molecule has 1 atom stereocenters. The van der Waals surface area contributed by atoms with E-state index in [1.165, 1.54) is 5.56 Å². The maximum absolute atomic E-state index is 6.44. The largest absolute Gasteiger partial charge is 0.381 e. The molecule has 0 aliphatic carbocycles. The fourth-order valence-corrected chi connectivity index (χ4v) is 5.66. The van der Waals surface area contributed by atoms with E-state index >= 15 is 0 Å². The molecule has 4 aromatic heterocycles. The Balaban J connectivity index is 1.67. The molecule has 0 N–H and O–H groups in total. The van der Waals surface area contributed by atoms with Gasteiger partial charge in [0.25, 0.3) is 0 Å². The summed E-state index contributed by atoms with van der Waals surface area (Å²) in [7, 11) is 1.93. The van der Waals surface area contributed by atoms with Crippen molar-refractivity contribution in [2.75, 3.05) is 13.2 Å². The number of hydrogen-bond acceptors (Lipinski definition) is 5. The lowest BCUT2D eigenvalue weighted by Crippen LogP contribution is -2.26. The van der Waals surface area contributed by atoms with Crippen molar-refractivity contribution >= 4 is 33.5 Å². The van der Waals surface area contributed by atoms with Gasteiger partial charge in [0.2, 0.25) is 0 Å². The van der Waals surface area contributed by atoms with E-state index in [1.54, 1.807) is 0 Å². The standard InChI is InChI=1S/C27H27ClN6O/c1-3-21-27(33(2)32-31-21)19-13-23-25(30-15-19)20-16-29-24(28)14-22(20)34(23)26(17-7-5-4-6-8-17)18-9-11-35-12-10-18/h4-8,13-16,18,26H,3,9-12H2,1-2H3/t26-/m1/s1. The molecule has 1 aliphatic heterocycles. The van der Waals surface area contributed by atoms with Crippen molar-refractivity contribution in [1.82, 2.24) is 29.5 Å². The summed E-state index contributed by atoms with van der Waals surface area (Å²) in [6.45, 7) is 3.65. The molecule has 6 rings (SSSR count). The summed E-state index contributed by atoms with van der Waals surface area (Å²) in [5.74, 6) is 0.421. The second-order valence-corrected chi connectivity index (χ2v) is 9.54. The smallest absolute Gasteiger partial charge is 0.131 e. The predicted molar refractivity (Wildman–Crippen MR) is 138 cm³/mol. The van der Waals surface area contributed by atoms with Gasteiger partial charge in [0.15, 0.2) is 0 Å². The fourth-order valence-electron chi connectivity index (χ4n) is 5.51. The summed E-state index contributed by atoms with van der Waals surface area (Å²) in [4.78, 5) is 9.35. The first-order valence-corrected chi connectivity index (χ1v) is 12.5. The average Bonchev–Trinajstić information content (AvgIpc) is 3.42. The van der Waals surface area contributed by atoms with Gasteiger partial charge in [0.05, 0.1) is 34.0 Å². The molecule has 8 heteroatoms. The van der Waals surface area contributed by atoms with Crippen LogP contribution in [-0.4, -0.2) is 42.7 Å². The van der Waals surface area contributed by atoms with E-state index in [0.29, 0.717) is 11.1 Å². The molecule has 5 aromatic rings. The van der Waals surface area contributed by atoms with Crippen molar-refractivity contribution in [2.45, 2.75) is 32.2 Å². The minimum atomic E-state index is 0.117. The number of halogens is 1. The molecule has 1 saturated heterocycles. The van der Waals surface area contributed by atoms with Crippen molar-refractivity contribution in [3.8, 4) is 11.3 Å². The van der Waals surface area contributed by atoms with Gasteiger partial charge in [0, 0.05) is 43.6 Å². The van der Waals surface area contributed by atoms with Crippen LogP contribution in [0.2, 0.25) is 5.15 Å². The van der Waals surface area contributed by atoms with E-state index in [-0.39, 0.29) is 6.04 Å². The van der Waals surface area contributed by atoms with Crippen LogP contribution in [-0.2, 0) is 18.2 Å². The highest BCUT2D eigenvalue weighted by Crippen LogP contribution is 2.41. The van der Waals surface area contributed by atoms with Crippen molar-refractivity contribution in [2.24, 2.45) is 13.0 Å². The minimum absolute atomic E-state index is 0.117. The maximum atomic E-state index is 6.44. The summed E-state index contributed by atoms with van der Waals surface area (Å²) in [5, 5.41) is 10.1. The molecule has 7 nitrogen and oxygen atoms in total. The number of hydrogen-bond donors (Lipinski definition) is 0. The predicted octanol–water partition coefficient (Wildman–Crippen LogP) is 5.61. The van der Waals surface area contributed by atoms with Crippen LogP contribution < -0.4 is 0 Å². The summed E-state index contributed by atoms with van der Waals surface area (Å²) in [6, 6.07) is 15.0. The van der Waals surface area contributed by atoms with Crippen LogP contribution in [0.3, 0.4) is 0 Å². The molecule has 1 fully saturated rings. The van der Waals surface area contributed by atoms with Gasteiger partial charge >= 0.3 is 0 Å². The molecule has 1 aromatic carbocycles. The van der Waals surface area contributed by atoms with Crippen molar-refractivity contribution < 1.29 is 4.74 Å². The number of benzene rings is 1. The molecule has 0 spiro atoms. The quantitative estimate of drug-likeness (QED) is 0.302. The second-order valence-electron chi connectivity index (χ2n) is 9.15. The first-order chi connectivity index (χ1) is 17.2. The number of aryl methyl sites for hydroxylation is 2. The van der Waals surface area contributed by atoms with Crippen LogP contribution in [0.25, 0.3) is 33.2 Å². The van der Waals surface area contributed by atoms with Crippen LogP contribution in [0.1, 0.15) is 37.1 Å². The van der Waals surface area contributed by atoms with E-state index in [1.807, 2.05) is 30.2 Å². The van der Waals surface area contributed by atoms with Gasteiger partial charge in [-0.3, -0.25) is 4.98 Å². The monoisotopic (exact) mass is 486 g/mol. The Kier molecular flexibility index (Phi) is 5.74. The number of rotatable bonds is 5. The van der Waals surface area contributed by atoms with Crippen LogP contribution in [0.15, 0.2) is 54.9 Å². The third-order valence-electron chi connectivity index (χ3n) is 7.13. The Morgan fingerprint density at radius 2 is 1.86 bits per heavy atom. The summed E-state index contributed by atoms with van der Waals surface area (Å²) >= 11 is 6.44. The fraction of sp³-hybridized carbons (Fsp3) is 0.333.